The number of carbonyl (C=O) groups is 1. The van der Waals surface area contributed by atoms with E-state index in [0.29, 0.717) is 28.9 Å². The number of carbonyl (C=O) groups excluding carboxylic acids is 1. The third kappa shape index (κ3) is 3.59. The molecule has 144 valence electrons. The highest BCUT2D eigenvalue weighted by molar-refractivity contribution is 8.00. The van der Waals surface area contributed by atoms with Gasteiger partial charge in [0.2, 0.25) is 5.91 Å². The van der Waals surface area contributed by atoms with Crippen molar-refractivity contribution in [3.63, 3.8) is 0 Å². The number of hydrogen-bond donors (Lipinski definition) is 1. The second-order valence-corrected chi connectivity index (χ2v) is 8.28. The van der Waals surface area contributed by atoms with Gasteiger partial charge in [0.25, 0.3) is 0 Å². The minimum absolute atomic E-state index is 0.0872. The zero-order valence-corrected chi connectivity index (χ0v) is 16.9. The normalized spacial score (nSPS) is 11.4. The maximum atomic E-state index is 14.2. The van der Waals surface area contributed by atoms with Gasteiger partial charge >= 0.3 is 0 Å². The fourth-order valence-electron chi connectivity index (χ4n) is 3.03. The van der Waals surface area contributed by atoms with Gasteiger partial charge in [0.15, 0.2) is 0 Å². The van der Waals surface area contributed by atoms with Gasteiger partial charge in [-0.3, -0.25) is 4.79 Å². The standard InChI is InChI=1S/C19H17FN4O2S2/c1-10-12(11(2)26-24-10)6-7-21-15(25)8-27-19-18-17(22-9-23-19)16-13(20)4-3-5-14(16)28-18/h3-5,9H,6-8H2,1-2H3,(H,21,25). The molecule has 3 aromatic heterocycles. The number of halogens is 1. The van der Waals surface area contributed by atoms with Crippen LogP contribution in [0.2, 0.25) is 0 Å². The van der Waals surface area contributed by atoms with Gasteiger partial charge in [-0.1, -0.05) is 23.0 Å². The summed E-state index contributed by atoms with van der Waals surface area (Å²) in [6, 6.07) is 4.97. The first-order valence-electron chi connectivity index (χ1n) is 8.67. The number of amides is 1. The van der Waals surface area contributed by atoms with Gasteiger partial charge in [-0.25, -0.2) is 14.4 Å². The molecule has 1 amide bonds. The molecule has 0 aliphatic rings. The molecule has 6 nitrogen and oxygen atoms in total. The second-order valence-electron chi connectivity index (χ2n) is 6.26. The summed E-state index contributed by atoms with van der Waals surface area (Å²) in [7, 11) is 0. The van der Waals surface area contributed by atoms with Gasteiger partial charge in [-0.15, -0.1) is 11.3 Å². The van der Waals surface area contributed by atoms with Crippen LogP contribution in [0.3, 0.4) is 0 Å². The first kappa shape index (κ1) is 18.8. The Balaban J connectivity index is 1.42. The average Bonchev–Trinajstić information content (AvgIpc) is 3.22. The van der Waals surface area contributed by atoms with Crippen LogP contribution in [0, 0.1) is 19.7 Å². The Morgan fingerprint density at radius 2 is 2.18 bits per heavy atom. The van der Waals surface area contributed by atoms with Crippen molar-refractivity contribution in [3.8, 4) is 0 Å². The molecule has 28 heavy (non-hydrogen) atoms. The van der Waals surface area contributed by atoms with E-state index < -0.39 is 0 Å². The van der Waals surface area contributed by atoms with Crippen molar-refractivity contribution < 1.29 is 13.7 Å². The van der Waals surface area contributed by atoms with E-state index in [9.17, 15) is 9.18 Å². The summed E-state index contributed by atoms with van der Waals surface area (Å²) in [6.45, 7) is 4.26. The summed E-state index contributed by atoms with van der Waals surface area (Å²) < 4.78 is 20.9. The van der Waals surface area contributed by atoms with Gasteiger partial charge in [0, 0.05) is 16.8 Å². The smallest absolute Gasteiger partial charge is 0.230 e. The highest BCUT2D eigenvalue weighted by Crippen LogP contribution is 2.38. The Morgan fingerprint density at radius 1 is 1.32 bits per heavy atom. The van der Waals surface area contributed by atoms with Gasteiger partial charge in [-0.2, -0.15) is 0 Å². The summed E-state index contributed by atoms with van der Waals surface area (Å²) >= 11 is 2.77. The predicted octanol–water partition coefficient (Wildman–Crippen LogP) is 4.04. The minimum Gasteiger partial charge on any atom is -0.361 e. The summed E-state index contributed by atoms with van der Waals surface area (Å²) in [6.07, 6.45) is 2.09. The van der Waals surface area contributed by atoms with Crippen LogP contribution in [-0.2, 0) is 11.2 Å². The first-order chi connectivity index (χ1) is 13.5. The monoisotopic (exact) mass is 416 g/mol. The van der Waals surface area contributed by atoms with Crippen molar-refractivity contribution in [1.82, 2.24) is 20.4 Å². The number of thioether (sulfide) groups is 1. The van der Waals surface area contributed by atoms with Crippen molar-refractivity contribution >= 4 is 49.3 Å². The lowest BCUT2D eigenvalue weighted by Crippen LogP contribution is -2.27. The van der Waals surface area contributed by atoms with Crippen LogP contribution in [-0.4, -0.2) is 33.3 Å². The van der Waals surface area contributed by atoms with Crippen molar-refractivity contribution in [2.24, 2.45) is 0 Å². The zero-order valence-electron chi connectivity index (χ0n) is 15.3. The number of nitrogens with zero attached hydrogens (tertiary/aromatic N) is 3. The molecular formula is C19H17FN4O2S2. The summed E-state index contributed by atoms with van der Waals surface area (Å²) in [5.41, 5.74) is 2.47. The summed E-state index contributed by atoms with van der Waals surface area (Å²) in [4.78, 5) is 20.7. The second kappa shape index (κ2) is 7.84. The highest BCUT2D eigenvalue weighted by Gasteiger charge is 2.15. The van der Waals surface area contributed by atoms with Crippen molar-refractivity contribution in [2.45, 2.75) is 25.3 Å². The van der Waals surface area contributed by atoms with Crippen LogP contribution >= 0.6 is 23.1 Å². The predicted molar refractivity (Wildman–Crippen MR) is 108 cm³/mol. The van der Waals surface area contributed by atoms with Crippen LogP contribution in [0.4, 0.5) is 4.39 Å². The number of rotatable bonds is 6. The summed E-state index contributed by atoms with van der Waals surface area (Å²) in [5.74, 6) is 0.623. The molecule has 1 aromatic carbocycles. The van der Waals surface area contributed by atoms with E-state index in [0.717, 1.165) is 26.4 Å². The molecule has 0 bridgehead atoms. The van der Waals surface area contributed by atoms with Gasteiger partial charge < -0.3 is 9.84 Å². The zero-order chi connectivity index (χ0) is 19.7. The molecule has 0 aliphatic heterocycles. The molecule has 0 saturated heterocycles. The van der Waals surface area contributed by atoms with Crippen LogP contribution in [0.1, 0.15) is 17.0 Å². The van der Waals surface area contributed by atoms with E-state index in [4.69, 9.17) is 4.52 Å². The molecule has 0 fully saturated rings. The lowest BCUT2D eigenvalue weighted by molar-refractivity contribution is -0.118. The fraction of sp³-hybridized carbons (Fsp3) is 0.263. The Bertz CT molecular complexity index is 1150. The number of fused-ring (bicyclic) bond motifs is 3. The Kier molecular flexibility index (Phi) is 5.27. The van der Waals surface area contributed by atoms with Gasteiger partial charge in [0.05, 0.1) is 27.0 Å². The van der Waals surface area contributed by atoms with Crippen LogP contribution in [0.15, 0.2) is 34.1 Å². The molecule has 0 spiro atoms. The first-order valence-corrected chi connectivity index (χ1v) is 10.5. The average molecular weight is 417 g/mol. The number of aromatic nitrogens is 3. The molecule has 0 aliphatic carbocycles. The molecule has 4 aromatic rings. The molecule has 1 N–H and O–H groups in total. The quantitative estimate of drug-likeness (QED) is 0.377. The lowest BCUT2D eigenvalue weighted by atomic mass is 10.1. The third-order valence-corrected chi connectivity index (χ3v) is 6.68. The van der Waals surface area contributed by atoms with Crippen LogP contribution in [0.25, 0.3) is 20.3 Å². The fourth-order valence-corrected chi connectivity index (χ4v) is 5.11. The van der Waals surface area contributed by atoms with E-state index in [1.54, 1.807) is 6.07 Å². The molecule has 0 radical (unpaired) electrons. The van der Waals surface area contributed by atoms with Crippen LogP contribution < -0.4 is 5.32 Å². The van der Waals surface area contributed by atoms with Gasteiger partial charge in [-0.05, 0) is 32.4 Å². The largest absolute Gasteiger partial charge is 0.361 e. The van der Waals surface area contributed by atoms with Crippen LogP contribution in [0.5, 0.6) is 0 Å². The molecular weight excluding hydrogens is 399 g/mol. The number of nitrogens with one attached hydrogen (secondary N) is 1. The van der Waals surface area contributed by atoms with E-state index in [-0.39, 0.29) is 17.5 Å². The SMILES string of the molecule is Cc1noc(C)c1CCNC(=O)CSc1ncnc2c1sc1cccc(F)c12. The number of thiophene rings is 1. The van der Waals surface area contributed by atoms with E-state index in [2.05, 4.69) is 20.4 Å². The topological polar surface area (TPSA) is 80.9 Å². The van der Waals surface area contributed by atoms with E-state index >= 15 is 0 Å². The molecule has 9 heteroatoms. The highest BCUT2D eigenvalue weighted by atomic mass is 32.2. The summed E-state index contributed by atoms with van der Waals surface area (Å²) in [5, 5.41) is 8.01. The maximum absolute atomic E-state index is 14.2. The number of benzene rings is 1. The Morgan fingerprint density at radius 3 is 2.96 bits per heavy atom. The molecule has 0 unspecified atom stereocenters. The number of aryl methyl sites for hydroxylation is 2. The maximum Gasteiger partial charge on any atom is 0.230 e. The van der Waals surface area contributed by atoms with E-state index in [1.807, 2.05) is 19.9 Å². The Labute approximate surface area is 168 Å². The molecule has 0 saturated carbocycles. The Hall–Kier alpha value is -2.52. The van der Waals surface area contributed by atoms with E-state index in [1.165, 1.54) is 35.5 Å². The van der Waals surface area contributed by atoms with Crippen molar-refractivity contribution in [2.75, 3.05) is 12.3 Å². The van der Waals surface area contributed by atoms with Gasteiger partial charge in [0.1, 0.15) is 22.9 Å². The minimum atomic E-state index is -0.296. The lowest BCUT2D eigenvalue weighted by Gasteiger charge is -2.05. The number of hydrogen-bond acceptors (Lipinski definition) is 7. The third-order valence-electron chi connectivity index (χ3n) is 4.41. The van der Waals surface area contributed by atoms with Crippen molar-refractivity contribution in [3.05, 3.63) is 47.4 Å². The van der Waals surface area contributed by atoms with Crippen molar-refractivity contribution in [1.29, 1.82) is 0 Å². The molecule has 4 rings (SSSR count). The molecule has 0 atom stereocenters. The molecule has 3 heterocycles.